The van der Waals surface area contributed by atoms with Crippen LogP contribution in [0.15, 0.2) is 18.2 Å². The highest BCUT2D eigenvalue weighted by Crippen LogP contribution is 2.38. The second-order valence-corrected chi connectivity index (χ2v) is 10.4. The first-order chi connectivity index (χ1) is 12.9. The van der Waals surface area contributed by atoms with Crippen LogP contribution < -0.4 is 15.1 Å². The van der Waals surface area contributed by atoms with Crippen LogP contribution in [0.1, 0.15) is 48.5 Å². The van der Waals surface area contributed by atoms with Crippen LogP contribution in [0, 0.1) is 5.41 Å². The molecule has 0 aromatic heterocycles. The Labute approximate surface area is 171 Å². The number of nitrogens with zero attached hydrogens (tertiary/aromatic N) is 2. The van der Waals surface area contributed by atoms with E-state index in [0.29, 0.717) is 6.04 Å². The van der Waals surface area contributed by atoms with Gasteiger partial charge in [-0.05, 0) is 46.2 Å². The van der Waals surface area contributed by atoms with Crippen LogP contribution in [-0.4, -0.2) is 63.1 Å². The Morgan fingerprint density at radius 2 is 1.68 bits per heavy atom. The molecule has 2 saturated heterocycles. The van der Waals surface area contributed by atoms with E-state index in [0.717, 1.165) is 30.8 Å². The third-order valence-corrected chi connectivity index (χ3v) is 6.64. The Bertz CT molecular complexity index is 698. The first-order valence-corrected chi connectivity index (χ1v) is 10.3. The summed E-state index contributed by atoms with van der Waals surface area (Å²) in [5.41, 5.74) is 1.61. The maximum absolute atomic E-state index is 6.24. The molecule has 156 valence electrons. The first-order valence-electron chi connectivity index (χ1n) is 10.3. The molecule has 0 bridgehead atoms. The van der Waals surface area contributed by atoms with Crippen molar-refractivity contribution >= 4 is 18.3 Å². The van der Waals surface area contributed by atoms with Gasteiger partial charge < -0.3 is 23.8 Å². The molecular formula is C22H37BN2O3. The molecule has 1 aromatic rings. The molecule has 6 heteroatoms. The third-order valence-electron chi connectivity index (χ3n) is 6.64. The van der Waals surface area contributed by atoms with Gasteiger partial charge in [0.2, 0.25) is 0 Å². The second-order valence-electron chi connectivity index (χ2n) is 10.4. The van der Waals surface area contributed by atoms with E-state index in [-0.39, 0.29) is 16.6 Å². The number of methoxy groups -OCH3 is 1. The Balaban J connectivity index is 1.91. The Morgan fingerprint density at radius 1 is 1.07 bits per heavy atom. The molecule has 28 heavy (non-hydrogen) atoms. The number of hydrogen-bond acceptors (Lipinski definition) is 5. The molecule has 1 unspecified atom stereocenters. The molecule has 0 spiro atoms. The van der Waals surface area contributed by atoms with Gasteiger partial charge in [0.15, 0.2) is 0 Å². The van der Waals surface area contributed by atoms with Gasteiger partial charge in [0.05, 0.1) is 18.3 Å². The van der Waals surface area contributed by atoms with Crippen LogP contribution >= 0.6 is 0 Å². The molecule has 2 heterocycles. The fraction of sp³-hybridized carbons (Fsp3) is 0.727. The van der Waals surface area contributed by atoms with Crippen molar-refractivity contribution in [1.29, 1.82) is 0 Å². The lowest BCUT2D eigenvalue weighted by molar-refractivity contribution is 0.00578. The lowest BCUT2D eigenvalue weighted by Crippen LogP contribution is -2.57. The van der Waals surface area contributed by atoms with Crippen molar-refractivity contribution in [2.45, 2.75) is 65.7 Å². The van der Waals surface area contributed by atoms with Crippen molar-refractivity contribution in [3.05, 3.63) is 18.2 Å². The van der Waals surface area contributed by atoms with Crippen molar-refractivity contribution in [3.8, 4) is 5.75 Å². The van der Waals surface area contributed by atoms with E-state index in [1.165, 1.54) is 5.69 Å². The molecule has 1 aromatic carbocycles. The monoisotopic (exact) mass is 388 g/mol. The molecule has 0 saturated carbocycles. The number of likely N-dealkylation sites (N-methyl/N-ethyl adjacent to an activating group) is 1. The van der Waals surface area contributed by atoms with Gasteiger partial charge in [-0.3, -0.25) is 0 Å². The Hall–Kier alpha value is -1.24. The van der Waals surface area contributed by atoms with Gasteiger partial charge in [0.1, 0.15) is 5.75 Å². The minimum atomic E-state index is -0.417. The molecule has 2 aliphatic heterocycles. The summed E-state index contributed by atoms with van der Waals surface area (Å²) < 4.78 is 18.3. The summed E-state index contributed by atoms with van der Waals surface area (Å²) in [6.45, 7) is 18.4. The van der Waals surface area contributed by atoms with Crippen molar-refractivity contribution in [1.82, 2.24) is 4.90 Å². The highest BCUT2D eigenvalue weighted by Gasteiger charge is 2.52. The molecule has 2 fully saturated rings. The smallest absolute Gasteiger partial charge is 0.497 e. The average molecular weight is 388 g/mol. The zero-order valence-electron chi connectivity index (χ0n) is 19.1. The maximum atomic E-state index is 6.24. The number of hydrogen-bond donors (Lipinski definition) is 0. The molecule has 1 atom stereocenters. The molecule has 3 rings (SSSR count). The number of anilines is 1. The molecule has 0 aliphatic carbocycles. The highest BCUT2D eigenvalue weighted by atomic mass is 16.7. The maximum Gasteiger partial charge on any atom is 0.498 e. The Morgan fingerprint density at radius 3 is 2.21 bits per heavy atom. The summed E-state index contributed by atoms with van der Waals surface area (Å²) >= 11 is 0. The van der Waals surface area contributed by atoms with Gasteiger partial charge in [0, 0.05) is 42.9 Å². The van der Waals surface area contributed by atoms with Crippen LogP contribution in [0.5, 0.6) is 5.75 Å². The minimum Gasteiger partial charge on any atom is -0.497 e. The van der Waals surface area contributed by atoms with Crippen molar-refractivity contribution in [3.63, 3.8) is 0 Å². The van der Waals surface area contributed by atoms with Gasteiger partial charge in [-0.15, -0.1) is 0 Å². The lowest BCUT2D eigenvalue weighted by atomic mass is 9.78. The van der Waals surface area contributed by atoms with Crippen LogP contribution in [-0.2, 0) is 9.31 Å². The van der Waals surface area contributed by atoms with E-state index in [1.807, 2.05) is 0 Å². The molecule has 0 amide bonds. The predicted molar refractivity (Wildman–Crippen MR) is 117 cm³/mol. The summed E-state index contributed by atoms with van der Waals surface area (Å²) in [6, 6.07) is 6.88. The highest BCUT2D eigenvalue weighted by molar-refractivity contribution is 6.63. The molecule has 0 N–H and O–H groups in total. The SMILES string of the molecule is COc1cc(N2CCN(C)CC2C(C)(C)C)ccc1B1OC(C)(C)C(C)(C)O1. The molecule has 5 nitrogen and oxygen atoms in total. The van der Waals surface area contributed by atoms with Crippen molar-refractivity contribution < 1.29 is 14.0 Å². The van der Waals surface area contributed by atoms with E-state index in [2.05, 4.69) is 83.5 Å². The molecule has 0 radical (unpaired) electrons. The van der Waals surface area contributed by atoms with Crippen LogP contribution in [0.4, 0.5) is 5.69 Å². The minimum absolute atomic E-state index is 0.187. The topological polar surface area (TPSA) is 34.2 Å². The summed E-state index contributed by atoms with van der Waals surface area (Å²) in [5, 5.41) is 0. The second kappa shape index (κ2) is 7.23. The van der Waals surface area contributed by atoms with E-state index in [1.54, 1.807) is 7.11 Å². The average Bonchev–Trinajstić information content (AvgIpc) is 2.81. The lowest BCUT2D eigenvalue weighted by Gasteiger charge is -2.47. The normalized spacial score (nSPS) is 25.2. The van der Waals surface area contributed by atoms with E-state index >= 15 is 0 Å². The van der Waals surface area contributed by atoms with Gasteiger partial charge in [-0.1, -0.05) is 26.8 Å². The van der Waals surface area contributed by atoms with Gasteiger partial charge in [-0.2, -0.15) is 0 Å². The van der Waals surface area contributed by atoms with Gasteiger partial charge >= 0.3 is 7.12 Å². The molecular weight excluding hydrogens is 351 g/mol. The van der Waals surface area contributed by atoms with Crippen LogP contribution in [0.3, 0.4) is 0 Å². The number of rotatable bonds is 3. The summed E-state index contributed by atoms with van der Waals surface area (Å²) in [7, 11) is 3.51. The van der Waals surface area contributed by atoms with Crippen LogP contribution in [0.2, 0.25) is 0 Å². The fourth-order valence-electron chi connectivity index (χ4n) is 4.01. The number of ether oxygens (including phenoxy) is 1. The largest absolute Gasteiger partial charge is 0.498 e. The van der Waals surface area contributed by atoms with E-state index in [4.69, 9.17) is 14.0 Å². The third kappa shape index (κ3) is 3.92. The number of piperazine rings is 1. The summed E-state index contributed by atoms with van der Waals surface area (Å²) in [6.07, 6.45) is 0. The summed E-state index contributed by atoms with van der Waals surface area (Å²) in [5.74, 6) is 0.822. The van der Waals surface area contributed by atoms with E-state index in [9.17, 15) is 0 Å². The standard InChI is InChI=1S/C22H37BN2O3/c1-20(2,3)19-15-24(8)12-13-25(19)16-10-11-17(18(14-16)26-9)23-27-21(4,5)22(6,7)28-23/h10-11,14,19H,12-13,15H2,1-9H3. The number of benzene rings is 1. The van der Waals surface area contributed by atoms with Crippen LogP contribution in [0.25, 0.3) is 0 Å². The Kier molecular flexibility index (Phi) is 5.54. The molecule has 2 aliphatic rings. The fourth-order valence-corrected chi connectivity index (χ4v) is 4.01. The zero-order valence-corrected chi connectivity index (χ0v) is 19.1. The quantitative estimate of drug-likeness (QED) is 0.744. The van der Waals surface area contributed by atoms with Crippen molar-refractivity contribution in [2.75, 3.05) is 38.7 Å². The van der Waals surface area contributed by atoms with Gasteiger partial charge in [-0.25, -0.2) is 0 Å². The van der Waals surface area contributed by atoms with Gasteiger partial charge in [0.25, 0.3) is 0 Å². The predicted octanol–water partition coefficient (Wildman–Crippen LogP) is 3.16. The zero-order chi connectivity index (χ0) is 20.9. The van der Waals surface area contributed by atoms with Crippen molar-refractivity contribution in [2.24, 2.45) is 5.41 Å². The summed E-state index contributed by atoms with van der Waals surface area (Å²) in [4.78, 5) is 4.94. The first kappa shape index (κ1) is 21.5. The van der Waals surface area contributed by atoms with E-state index < -0.39 is 7.12 Å².